The van der Waals surface area contributed by atoms with E-state index in [-0.39, 0.29) is 6.10 Å². The van der Waals surface area contributed by atoms with E-state index in [2.05, 4.69) is 18.2 Å². The molecule has 0 aliphatic heterocycles. The van der Waals surface area contributed by atoms with Crippen LogP contribution in [-0.4, -0.2) is 17.8 Å². The Morgan fingerprint density at radius 1 is 0.952 bits per heavy atom. The van der Waals surface area contributed by atoms with E-state index in [9.17, 15) is 5.11 Å². The van der Waals surface area contributed by atoms with Crippen LogP contribution in [0.3, 0.4) is 0 Å². The highest BCUT2D eigenvalue weighted by Crippen LogP contribution is 2.31. The maximum Gasteiger partial charge on any atom is 0.127 e. The summed E-state index contributed by atoms with van der Waals surface area (Å²) in [6.45, 7) is 0.672. The van der Waals surface area contributed by atoms with Gasteiger partial charge in [-0.3, -0.25) is 0 Å². The van der Waals surface area contributed by atoms with E-state index in [1.807, 2.05) is 36.4 Å². The van der Waals surface area contributed by atoms with Gasteiger partial charge in [0.15, 0.2) is 0 Å². The van der Waals surface area contributed by atoms with Crippen LogP contribution in [0.15, 0.2) is 54.6 Å². The Morgan fingerprint density at radius 2 is 1.71 bits per heavy atom. The highest BCUT2D eigenvalue weighted by Gasteiger charge is 2.24. The normalized spacial score (nSPS) is 21.4. The van der Waals surface area contributed by atoms with Crippen molar-refractivity contribution in [2.75, 3.05) is 6.61 Å². The zero-order chi connectivity index (χ0) is 14.5. The molecule has 2 unspecified atom stereocenters. The molecule has 1 aliphatic carbocycles. The molecule has 1 fully saturated rings. The van der Waals surface area contributed by atoms with Crippen molar-refractivity contribution in [1.82, 2.24) is 0 Å². The summed E-state index contributed by atoms with van der Waals surface area (Å²) in [4.78, 5) is 0. The molecule has 1 saturated carbocycles. The van der Waals surface area contributed by atoms with E-state index in [0.29, 0.717) is 12.5 Å². The lowest BCUT2D eigenvalue weighted by atomic mass is 10.0. The minimum Gasteiger partial charge on any atom is -0.493 e. The molecular formula is C19H22O2. The smallest absolute Gasteiger partial charge is 0.127 e. The molecule has 3 rings (SSSR count). The fraction of sp³-hybridized carbons (Fsp3) is 0.368. The minimum atomic E-state index is -0.127. The number of aliphatic hydroxyl groups excluding tert-OH is 1. The Balaban J connectivity index is 1.66. The Kier molecular flexibility index (Phi) is 4.56. The quantitative estimate of drug-likeness (QED) is 0.886. The van der Waals surface area contributed by atoms with E-state index in [0.717, 1.165) is 37.0 Å². The van der Waals surface area contributed by atoms with Gasteiger partial charge in [0.05, 0.1) is 12.7 Å². The Labute approximate surface area is 126 Å². The number of para-hydroxylation sites is 1. The summed E-state index contributed by atoms with van der Waals surface area (Å²) in [6.07, 6.45) is 4.03. The highest BCUT2D eigenvalue weighted by molar-refractivity contribution is 5.70. The summed E-state index contributed by atoms with van der Waals surface area (Å²) < 4.78 is 5.99. The molecule has 0 aromatic heterocycles. The van der Waals surface area contributed by atoms with E-state index < -0.39 is 0 Å². The van der Waals surface area contributed by atoms with Gasteiger partial charge in [0.1, 0.15) is 5.75 Å². The highest BCUT2D eigenvalue weighted by atomic mass is 16.5. The van der Waals surface area contributed by atoms with Crippen molar-refractivity contribution in [2.45, 2.75) is 31.8 Å². The number of benzene rings is 2. The van der Waals surface area contributed by atoms with Gasteiger partial charge < -0.3 is 9.84 Å². The summed E-state index contributed by atoms with van der Waals surface area (Å²) in [6, 6.07) is 18.5. The molecule has 0 radical (unpaired) electrons. The largest absolute Gasteiger partial charge is 0.493 e. The fourth-order valence-corrected chi connectivity index (χ4v) is 3.12. The summed E-state index contributed by atoms with van der Waals surface area (Å²) >= 11 is 0. The molecular weight excluding hydrogens is 260 g/mol. The SMILES string of the molecule is OC1CCCC1CCOc1ccccc1-c1ccccc1. The summed E-state index contributed by atoms with van der Waals surface area (Å²) in [5.41, 5.74) is 2.30. The van der Waals surface area contributed by atoms with Crippen molar-refractivity contribution in [3.05, 3.63) is 54.6 Å². The zero-order valence-corrected chi connectivity index (χ0v) is 12.2. The molecule has 21 heavy (non-hydrogen) atoms. The average Bonchev–Trinajstić information content (AvgIpc) is 2.94. The Bertz CT molecular complexity index is 565. The number of hydrogen-bond donors (Lipinski definition) is 1. The van der Waals surface area contributed by atoms with Crippen molar-refractivity contribution >= 4 is 0 Å². The lowest BCUT2D eigenvalue weighted by Gasteiger charge is -2.16. The van der Waals surface area contributed by atoms with E-state index >= 15 is 0 Å². The molecule has 2 atom stereocenters. The van der Waals surface area contributed by atoms with Crippen molar-refractivity contribution in [2.24, 2.45) is 5.92 Å². The molecule has 1 aliphatic rings. The van der Waals surface area contributed by atoms with Gasteiger partial charge >= 0.3 is 0 Å². The van der Waals surface area contributed by atoms with E-state index in [1.165, 1.54) is 5.56 Å². The molecule has 0 saturated heterocycles. The Hall–Kier alpha value is -1.80. The number of ether oxygens (including phenoxy) is 1. The maximum absolute atomic E-state index is 9.86. The molecule has 2 heteroatoms. The van der Waals surface area contributed by atoms with Crippen molar-refractivity contribution in [3.8, 4) is 16.9 Å². The summed E-state index contributed by atoms with van der Waals surface area (Å²) in [5, 5.41) is 9.86. The topological polar surface area (TPSA) is 29.5 Å². The van der Waals surface area contributed by atoms with E-state index in [1.54, 1.807) is 0 Å². The number of hydrogen-bond acceptors (Lipinski definition) is 2. The Morgan fingerprint density at radius 3 is 2.48 bits per heavy atom. The molecule has 0 heterocycles. The van der Waals surface area contributed by atoms with Crippen LogP contribution in [0, 0.1) is 5.92 Å². The average molecular weight is 282 g/mol. The van der Waals surface area contributed by atoms with Crippen LogP contribution in [0.2, 0.25) is 0 Å². The van der Waals surface area contributed by atoms with Crippen LogP contribution in [0.4, 0.5) is 0 Å². The van der Waals surface area contributed by atoms with Gasteiger partial charge in [-0.15, -0.1) is 0 Å². The third-order valence-electron chi connectivity index (χ3n) is 4.34. The van der Waals surface area contributed by atoms with Crippen LogP contribution < -0.4 is 4.74 Å². The molecule has 110 valence electrons. The first-order chi connectivity index (χ1) is 10.3. The third kappa shape index (κ3) is 3.45. The van der Waals surface area contributed by atoms with Crippen molar-refractivity contribution in [3.63, 3.8) is 0 Å². The summed E-state index contributed by atoms with van der Waals surface area (Å²) in [7, 11) is 0. The van der Waals surface area contributed by atoms with Gasteiger partial charge in [-0.2, -0.15) is 0 Å². The minimum absolute atomic E-state index is 0.127. The second-order valence-electron chi connectivity index (χ2n) is 5.76. The van der Waals surface area contributed by atoms with Gasteiger partial charge in [-0.05, 0) is 36.8 Å². The summed E-state index contributed by atoms with van der Waals surface area (Å²) in [5.74, 6) is 1.34. The van der Waals surface area contributed by atoms with Gasteiger partial charge in [0, 0.05) is 5.56 Å². The monoisotopic (exact) mass is 282 g/mol. The predicted octanol–water partition coefficient (Wildman–Crippen LogP) is 4.28. The molecule has 0 amide bonds. The number of rotatable bonds is 5. The second kappa shape index (κ2) is 6.77. The lowest BCUT2D eigenvalue weighted by molar-refractivity contribution is 0.117. The first-order valence-corrected chi connectivity index (χ1v) is 7.80. The van der Waals surface area contributed by atoms with Crippen LogP contribution in [0.5, 0.6) is 5.75 Å². The maximum atomic E-state index is 9.86. The molecule has 2 aromatic rings. The molecule has 0 bridgehead atoms. The fourth-order valence-electron chi connectivity index (χ4n) is 3.12. The van der Waals surface area contributed by atoms with E-state index in [4.69, 9.17) is 4.74 Å². The van der Waals surface area contributed by atoms with Crippen LogP contribution >= 0.6 is 0 Å². The lowest BCUT2D eigenvalue weighted by Crippen LogP contribution is -2.16. The molecule has 1 N–H and O–H groups in total. The molecule has 2 aromatic carbocycles. The number of aliphatic hydroxyl groups is 1. The van der Waals surface area contributed by atoms with Gasteiger partial charge in [-0.1, -0.05) is 55.0 Å². The second-order valence-corrected chi connectivity index (χ2v) is 5.76. The van der Waals surface area contributed by atoms with Gasteiger partial charge in [-0.25, -0.2) is 0 Å². The first-order valence-electron chi connectivity index (χ1n) is 7.80. The van der Waals surface area contributed by atoms with Crippen molar-refractivity contribution < 1.29 is 9.84 Å². The van der Waals surface area contributed by atoms with Crippen LogP contribution in [-0.2, 0) is 0 Å². The predicted molar refractivity (Wildman–Crippen MR) is 85.3 cm³/mol. The van der Waals surface area contributed by atoms with Crippen LogP contribution in [0.25, 0.3) is 11.1 Å². The van der Waals surface area contributed by atoms with Crippen LogP contribution in [0.1, 0.15) is 25.7 Å². The zero-order valence-electron chi connectivity index (χ0n) is 12.2. The third-order valence-corrected chi connectivity index (χ3v) is 4.34. The van der Waals surface area contributed by atoms with Crippen molar-refractivity contribution in [1.29, 1.82) is 0 Å². The molecule has 2 nitrogen and oxygen atoms in total. The van der Waals surface area contributed by atoms with Gasteiger partial charge in [0.25, 0.3) is 0 Å². The van der Waals surface area contributed by atoms with Gasteiger partial charge in [0.2, 0.25) is 0 Å². The first kappa shape index (κ1) is 14.2. The standard InChI is InChI=1S/C19H22O2/c20-18-11-6-9-16(18)13-14-21-19-12-5-4-10-17(19)15-7-2-1-3-8-15/h1-5,7-8,10,12,16,18,20H,6,9,11,13-14H2. The molecule has 0 spiro atoms.